The van der Waals surface area contributed by atoms with Gasteiger partial charge in [0.25, 0.3) is 5.56 Å². The van der Waals surface area contributed by atoms with E-state index in [9.17, 15) is 9.59 Å². The van der Waals surface area contributed by atoms with E-state index in [1.54, 1.807) is 6.92 Å². The van der Waals surface area contributed by atoms with E-state index in [1.807, 2.05) is 4.90 Å². The van der Waals surface area contributed by atoms with Crippen LogP contribution in [-0.4, -0.2) is 53.5 Å². The van der Waals surface area contributed by atoms with E-state index in [0.29, 0.717) is 32.1 Å². The molecule has 2 aromatic rings. The molecule has 0 unspecified atom stereocenters. The summed E-state index contributed by atoms with van der Waals surface area (Å²) in [6, 6.07) is 1.45. The number of carbonyl (C=O) groups is 1. The molecule has 3 heterocycles. The molecule has 0 radical (unpaired) electrons. The second-order valence-electron chi connectivity index (χ2n) is 4.62. The minimum atomic E-state index is -0.498. The lowest BCUT2D eigenvalue weighted by Crippen LogP contribution is -2.37. The van der Waals surface area contributed by atoms with E-state index < -0.39 is 5.97 Å². The third-order valence-electron chi connectivity index (χ3n) is 3.31. The van der Waals surface area contributed by atoms with Crippen LogP contribution < -0.4 is 10.5 Å². The largest absolute Gasteiger partial charge is 0.462 e. The first-order valence-corrected chi connectivity index (χ1v) is 6.81. The van der Waals surface area contributed by atoms with Crippen molar-refractivity contribution < 1.29 is 14.3 Å². The number of morpholine rings is 1. The van der Waals surface area contributed by atoms with Crippen molar-refractivity contribution in [2.75, 3.05) is 37.8 Å². The van der Waals surface area contributed by atoms with Crippen molar-refractivity contribution in [2.24, 2.45) is 0 Å². The summed E-state index contributed by atoms with van der Waals surface area (Å²) < 4.78 is 11.5. The predicted octanol–water partition coefficient (Wildman–Crippen LogP) is 0.0359. The van der Waals surface area contributed by atoms with Crippen molar-refractivity contribution in [3.05, 3.63) is 28.2 Å². The van der Waals surface area contributed by atoms with E-state index in [2.05, 4.69) is 10.1 Å². The number of fused-ring (bicyclic) bond motifs is 1. The number of nitrogens with one attached hydrogen (secondary N) is 1. The molecule has 112 valence electrons. The van der Waals surface area contributed by atoms with Crippen LogP contribution in [0.4, 0.5) is 5.82 Å². The molecule has 2 aromatic heterocycles. The second kappa shape index (κ2) is 5.57. The molecule has 1 aliphatic heterocycles. The highest BCUT2D eigenvalue weighted by atomic mass is 16.5. The number of carbonyl (C=O) groups excluding carboxylic acids is 1. The number of aromatic amines is 1. The van der Waals surface area contributed by atoms with Crippen molar-refractivity contribution in [2.45, 2.75) is 6.92 Å². The van der Waals surface area contributed by atoms with E-state index in [-0.39, 0.29) is 23.4 Å². The van der Waals surface area contributed by atoms with Crippen molar-refractivity contribution in [1.29, 1.82) is 0 Å². The summed E-state index contributed by atoms with van der Waals surface area (Å²) >= 11 is 0. The lowest BCUT2D eigenvalue weighted by Gasteiger charge is -2.27. The Morgan fingerprint density at radius 1 is 1.48 bits per heavy atom. The topological polar surface area (TPSA) is 88.9 Å². The average molecular weight is 292 g/mol. The van der Waals surface area contributed by atoms with Gasteiger partial charge in [0.1, 0.15) is 11.4 Å². The van der Waals surface area contributed by atoms with Gasteiger partial charge in [-0.2, -0.15) is 0 Å². The Labute approximate surface area is 120 Å². The summed E-state index contributed by atoms with van der Waals surface area (Å²) in [4.78, 5) is 30.4. The summed E-state index contributed by atoms with van der Waals surface area (Å²) in [5.74, 6) is 0.0516. The Morgan fingerprint density at radius 3 is 2.95 bits per heavy atom. The van der Waals surface area contributed by atoms with Crippen LogP contribution in [0.1, 0.15) is 17.3 Å². The number of aromatic nitrogens is 3. The molecule has 8 heteroatoms. The molecule has 0 saturated carbocycles. The summed E-state index contributed by atoms with van der Waals surface area (Å²) in [7, 11) is 0. The van der Waals surface area contributed by atoms with E-state index in [0.717, 1.165) is 0 Å². The maximum atomic E-state index is 12.1. The van der Waals surface area contributed by atoms with Crippen LogP contribution in [0, 0.1) is 0 Å². The number of ether oxygens (including phenoxy) is 2. The Balaban J connectivity index is 2.05. The fourth-order valence-electron chi connectivity index (χ4n) is 2.28. The SMILES string of the molecule is CCOC(=O)c1c[nH]n2c(=O)cc(N3CCOCC3)nc12. The molecule has 3 rings (SSSR count). The van der Waals surface area contributed by atoms with Gasteiger partial charge in [-0.1, -0.05) is 0 Å². The molecule has 21 heavy (non-hydrogen) atoms. The summed E-state index contributed by atoms with van der Waals surface area (Å²) in [5, 5.41) is 2.72. The highest BCUT2D eigenvalue weighted by Crippen LogP contribution is 2.15. The molecular formula is C13H16N4O4. The molecule has 1 aliphatic rings. The van der Waals surface area contributed by atoms with Crippen molar-refractivity contribution in [3.63, 3.8) is 0 Å². The lowest BCUT2D eigenvalue weighted by atomic mass is 10.3. The highest BCUT2D eigenvalue weighted by molar-refractivity contribution is 5.95. The fourth-order valence-corrected chi connectivity index (χ4v) is 2.28. The third kappa shape index (κ3) is 2.49. The minimum Gasteiger partial charge on any atom is -0.462 e. The van der Waals surface area contributed by atoms with Gasteiger partial charge in [0.15, 0.2) is 5.65 Å². The number of rotatable bonds is 3. The zero-order chi connectivity index (χ0) is 14.8. The van der Waals surface area contributed by atoms with Crippen LogP contribution in [0.2, 0.25) is 0 Å². The molecule has 0 aromatic carbocycles. The maximum absolute atomic E-state index is 12.1. The number of esters is 1. The smallest absolute Gasteiger partial charge is 0.343 e. The molecule has 0 spiro atoms. The molecule has 8 nitrogen and oxygen atoms in total. The average Bonchev–Trinajstić information content (AvgIpc) is 2.93. The third-order valence-corrected chi connectivity index (χ3v) is 3.31. The zero-order valence-corrected chi connectivity index (χ0v) is 11.7. The van der Waals surface area contributed by atoms with E-state index >= 15 is 0 Å². The molecule has 0 bridgehead atoms. The van der Waals surface area contributed by atoms with Crippen LogP contribution in [0.25, 0.3) is 5.65 Å². The number of hydrogen-bond acceptors (Lipinski definition) is 6. The van der Waals surface area contributed by atoms with Gasteiger partial charge in [-0.3, -0.25) is 9.89 Å². The van der Waals surface area contributed by atoms with E-state index in [4.69, 9.17) is 9.47 Å². The Hall–Kier alpha value is -2.35. The van der Waals surface area contributed by atoms with Gasteiger partial charge >= 0.3 is 5.97 Å². The van der Waals surface area contributed by atoms with Crippen LogP contribution in [-0.2, 0) is 9.47 Å². The highest BCUT2D eigenvalue weighted by Gasteiger charge is 2.19. The Bertz CT molecular complexity index is 715. The first-order valence-electron chi connectivity index (χ1n) is 6.81. The molecule has 0 amide bonds. The lowest BCUT2D eigenvalue weighted by molar-refractivity contribution is 0.0528. The van der Waals surface area contributed by atoms with Crippen LogP contribution >= 0.6 is 0 Å². The number of anilines is 1. The van der Waals surface area contributed by atoms with Gasteiger partial charge in [-0.25, -0.2) is 14.3 Å². The van der Waals surface area contributed by atoms with Crippen molar-refractivity contribution >= 4 is 17.4 Å². The Kier molecular flexibility index (Phi) is 3.61. The van der Waals surface area contributed by atoms with Crippen LogP contribution in [0.5, 0.6) is 0 Å². The molecule has 0 aliphatic carbocycles. The van der Waals surface area contributed by atoms with Crippen molar-refractivity contribution in [1.82, 2.24) is 14.6 Å². The zero-order valence-electron chi connectivity index (χ0n) is 11.7. The first-order chi connectivity index (χ1) is 10.2. The number of H-pyrrole nitrogens is 1. The number of hydrogen-bond donors (Lipinski definition) is 1. The molecule has 1 fully saturated rings. The normalized spacial score (nSPS) is 15.4. The maximum Gasteiger partial charge on any atom is 0.343 e. The van der Waals surface area contributed by atoms with Gasteiger partial charge in [0, 0.05) is 25.4 Å². The van der Waals surface area contributed by atoms with Gasteiger partial charge in [-0.15, -0.1) is 0 Å². The summed E-state index contributed by atoms with van der Waals surface area (Å²) in [5.41, 5.74) is 0.267. The predicted molar refractivity (Wildman–Crippen MR) is 74.8 cm³/mol. The van der Waals surface area contributed by atoms with Gasteiger partial charge < -0.3 is 14.4 Å². The number of nitrogens with zero attached hydrogens (tertiary/aromatic N) is 3. The second-order valence-corrected chi connectivity index (χ2v) is 4.62. The van der Waals surface area contributed by atoms with E-state index in [1.165, 1.54) is 16.8 Å². The molecule has 1 saturated heterocycles. The summed E-state index contributed by atoms with van der Waals surface area (Å²) in [6.07, 6.45) is 1.44. The Morgan fingerprint density at radius 2 is 2.24 bits per heavy atom. The molecule has 0 atom stereocenters. The first kappa shape index (κ1) is 13.6. The van der Waals surface area contributed by atoms with Gasteiger partial charge in [-0.05, 0) is 6.92 Å². The van der Waals surface area contributed by atoms with Gasteiger partial charge in [0.05, 0.1) is 19.8 Å². The quantitative estimate of drug-likeness (QED) is 0.803. The summed E-state index contributed by atoms with van der Waals surface area (Å²) in [6.45, 7) is 4.52. The molecular weight excluding hydrogens is 276 g/mol. The standard InChI is InChI=1S/C13H16N4O4/c1-2-21-13(19)9-8-14-17-11(18)7-10(15-12(9)17)16-3-5-20-6-4-16/h7-8,14H,2-6H2,1H3. The monoisotopic (exact) mass is 292 g/mol. The van der Waals surface area contributed by atoms with Crippen LogP contribution in [0.3, 0.4) is 0 Å². The van der Waals surface area contributed by atoms with Gasteiger partial charge in [0.2, 0.25) is 0 Å². The van der Waals surface area contributed by atoms with Crippen LogP contribution in [0.15, 0.2) is 17.1 Å². The van der Waals surface area contributed by atoms with Crippen molar-refractivity contribution in [3.8, 4) is 0 Å². The minimum absolute atomic E-state index is 0.254. The fraction of sp³-hybridized carbons (Fsp3) is 0.462. The molecule has 1 N–H and O–H groups in total.